The lowest BCUT2D eigenvalue weighted by Crippen LogP contribution is -2.68. The van der Waals surface area contributed by atoms with Crippen LogP contribution in [0.2, 0.25) is 0 Å². The number of β-lactam (4-membered cyclic amide) rings is 1. The Balaban J connectivity index is 1.57. The number of carboxylic acid groups (broad SMARTS) is 1. The van der Waals surface area contributed by atoms with Crippen LogP contribution >= 0.6 is 11.8 Å². The zero-order valence-corrected chi connectivity index (χ0v) is 15.2. The summed E-state index contributed by atoms with van der Waals surface area (Å²) in [6.07, 6.45) is 0. The number of methoxy groups -OCH3 is 1. The standard InChI is InChI=1S/C17H18N2O7S/c1-24-10-2-4-11(5-3-10)25-7-12(20)26-6-9-8-27-16-13(18)15(21)19(16)14(9)17(22)23/h2-5,13,16H,6-8,18H2,1H3,(H,22,23)/t13?,16-/m0/s1. The number of carbonyl (C=O) groups is 3. The van der Waals surface area contributed by atoms with Gasteiger partial charge in [0.25, 0.3) is 0 Å². The lowest BCUT2D eigenvalue weighted by atomic mass is 10.0. The molecule has 0 saturated carbocycles. The summed E-state index contributed by atoms with van der Waals surface area (Å²) >= 11 is 1.34. The molecule has 0 aromatic heterocycles. The fraction of sp³-hybridized carbons (Fsp3) is 0.353. The second-order valence-corrected chi connectivity index (χ2v) is 6.92. The molecule has 9 nitrogen and oxygen atoms in total. The van der Waals surface area contributed by atoms with Gasteiger partial charge in [0.05, 0.1) is 7.11 Å². The topological polar surface area (TPSA) is 128 Å². The zero-order valence-electron chi connectivity index (χ0n) is 14.4. The normalized spacial score (nSPS) is 21.3. The highest BCUT2D eigenvalue weighted by atomic mass is 32.2. The molecule has 1 aromatic rings. The van der Waals surface area contributed by atoms with Gasteiger partial charge in [0, 0.05) is 11.3 Å². The monoisotopic (exact) mass is 394 g/mol. The third kappa shape index (κ3) is 3.86. The second-order valence-electron chi connectivity index (χ2n) is 5.82. The minimum absolute atomic E-state index is 0.158. The van der Waals surface area contributed by atoms with Crippen LogP contribution in [-0.2, 0) is 19.1 Å². The van der Waals surface area contributed by atoms with Gasteiger partial charge >= 0.3 is 11.9 Å². The molecular formula is C17H18N2O7S. The molecule has 2 aliphatic rings. The van der Waals surface area contributed by atoms with Crippen LogP contribution in [0.3, 0.4) is 0 Å². The summed E-state index contributed by atoms with van der Waals surface area (Å²) in [5.74, 6) is -0.906. The van der Waals surface area contributed by atoms with E-state index < -0.39 is 23.9 Å². The van der Waals surface area contributed by atoms with Crippen molar-refractivity contribution in [3.05, 3.63) is 35.5 Å². The summed E-state index contributed by atoms with van der Waals surface area (Å²) in [5.41, 5.74) is 5.87. The first kappa shape index (κ1) is 19.1. The molecule has 1 unspecified atom stereocenters. The van der Waals surface area contributed by atoms with Crippen molar-refractivity contribution in [1.29, 1.82) is 0 Å². The van der Waals surface area contributed by atoms with Gasteiger partial charge in [-0.1, -0.05) is 0 Å². The van der Waals surface area contributed by atoms with Gasteiger partial charge in [0.15, 0.2) is 6.61 Å². The minimum atomic E-state index is -1.25. The Morgan fingerprint density at radius 2 is 1.96 bits per heavy atom. The van der Waals surface area contributed by atoms with E-state index in [1.807, 2.05) is 0 Å². The maximum absolute atomic E-state index is 11.9. The Kier molecular flexibility index (Phi) is 5.57. The predicted octanol–water partition coefficient (Wildman–Crippen LogP) is 0.198. The van der Waals surface area contributed by atoms with Crippen molar-refractivity contribution in [2.45, 2.75) is 11.4 Å². The molecule has 144 valence electrons. The summed E-state index contributed by atoms with van der Waals surface area (Å²) < 4.78 is 15.4. The predicted molar refractivity (Wildman–Crippen MR) is 95.2 cm³/mol. The Morgan fingerprint density at radius 1 is 1.30 bits per heavy atom. The average molecular weight is 394 g/mol. The molecule has 3 N–H and O–H groups in total. The quantitative estimate of drug-likeness (QED) is 0.492. The number of nitrogens with zero attached hydrogens (tertiary/aromatic N) is 1. The molecule has 1 saturated heterocycles. The summed E-state index contributed by atoms with van der Waals surface area (Å²) in [6.45, 7) is -0.559. The number of carboxylic acids is 1. The van der Waals surface area contributed by atoms with E-state index in [4.69, 9.17) is 19.9 Å². The van der Waals surface area contributed by atoms with Crippen LogP contribution in [0.4, 0.5) is 0 Å². The highest BCUT2D eigenvalue weighted by Crippen LogP contribution is 2.39. The van der Waals surface area contributed by atoms with Crippen molar-refractivity contribution in [2.24, 2.45) is 5.73 Å². The maximum atomic E-state index is 11.9. The van der Waals surface area contributed by atoms with Gasteiger partial charge in [0.1, 0.15) is 35.2 Å². The number of ether oxygens (including phenoxy) is 3. The van der Waals surface area contributed by atoms with Crippen molar-refractivity contribution in [3.63, 3.8) is 0 Å². The number of thioether (sulfide) groups is 1. The van der Waals surface area contributed by atoms with Crippen LogP contribution in [0.25, 0.3) is 0 Å². The van der Waals surface area contributed by atoms with Crippen LogP contribution in [0.15, 0.2) is 35.5 Å². The third-order valence-electron chi connectivity index (χ3n) is 4.11. The SMILES string of the molecule is COc1ccc(OCC(=O)OCC2=C(C(=O)O)N3C(=O)C(N)[C@@H]3SC2)cc1. The number of fused-ring (bicyclic) bond motifs is 1. The van der Waals surface area contributed by atoms with Gasteiger partial charge < -0.3 is 25.1 Å². The largest absolute Gasteiger partial charge is 0.497 e. The summed E-state index contributed by atoms with van der Waals surface area (Å²) in [7, 11) is 1.54. The Morgan fingerprint density at radius 3 is 2.59 bits per heavy atom. The lowest BCUT2D eigenvalue weighted by Gasteiger charge is -2.47. The van der Waals surface area contributed by atoms with E-state index in [0.717, 1.165) is 4.90 Å². The summed E-state index contributed by atoms with van der Waals surface area (Å²) in [5, 5.41) is 9.03. The highest BCUT2D eigenvalue weighted by molar-refractivity contribution is 8.00. The fourth-order valence-corrected chi connectivity index (χ4v) is 3.99. The van der Waals surface area contributed by atoms with E-state index in [1.54, 1.807) is 31.4 Å². The number of hydrogen-bond acceptors (Lipinski definition) is 8. The number of carbonyl (C=O) groups excluding carboxylic acids is 2. The lowest BCUT2D eigenvalue weighted by molar-refractivity contribution is -0.148. The van der Waals surface area contributed by atoms with Crippen molar-refractivity contribution in [3.8, 4) is 11.5 Å². The first-order chi connectivity index (χ1) is 12.9. The van der Waals surface area contributed by atoms with Crippen molar-refractivity contribution in [1.82, 2.24) is 4.90 Å². The van der Waals surface area contributed by atoms with E-state index in [-0.39, 0.29) is 24.3 Å². The molecule has 1 amide bonds. The van der Waals surface area contributed by atoms with Gasteiger partial charge in [-0.05, 0) is 24.3 Å². The molecule has 0 aliphatic carbocycles. The number of aliphatic carboxylic acids is 1. The first-order valence-corrected chi connectivity index (χ1v) is 9.05. The van der Waals surface area contributed by atoms with E-state index in [1.165, 1.54) is 11.8 Å². The Hall–Kier alpha value is -2.72. The number of amides is 1. The van der Waals surface area contributed by atoms with Crippen molar-refractivity contribution in [2.75, 3.05) is 26.1 Å². The second kappa shape index (κ2) is 7.89. The third-order valence-corrected chi connectivity index (χ3v) is 5.48. The van der Waals surface area contributed by atoms with E-state index in [0.29, 0.717) is 22.8 Å². The number of hydrogen-bond donors (Lipinski definition) is 2. The van der Waals surface area contributed by atoms with Gasteiger partial charge in [0.2, 0.25) is 5.91 Å². The molecule has 1 aromatic carbocycles. The van der Waals surface area contributed by atoms with E-state index in [9.17, 15) is 19.5 Å². The Bertz CT molecular complexity index is 793. The number of esters is 1. The molecule has 0 bridgehead atoms. The molecule has 27 heavy (non-hydrogen) atoms. The molecule has 0 spiro atoms. The van der Waals surface area contributed by atoms with Crippen LogP contribution in [0.5, 0.6) is 11.5 Å². The van der Waals surface area contributed by atoms with Crippen LogP contribution < -0.4 is 15.2 Å². The molecule has 2 heterocycles. The zero-order chi connectivity index (χ0) is 19.6. The first-order valence-electron chi connectivity index (χ1n) is 8.00. The molecule has 10 heteroatoms. The van der Waals surface area contributed by atoms with Crippen LogP contribution in [-0.4, -0.2) is 65.3 Å². The van der Waals surface area contributed by atoms with E-state index >= 15 is 0 Å². The molecule has 3 rings (SSSR count). The maximum Gasteiger partial charge on any atom is 0.352 e. The molecular weight excluding hydrogens is 376 g/mol. The van der Waals surface area contributed by atoms with E-state index in [2.05, 4.69) is 0 Å². The highest BCUT2D eigenvalue weighted by Gasteiger charge is 2.51. The summed E-state index contributed by atoms with van der Waals surface area (Å²) in [4.78, 5) is 36.4. The van der Waals surface area contributed by atoms with Crippen LogP contribution in [0, 0.1) is 0 Å². The number of nitrogens with two attached hydrogens (primary N) is 1. The van der Waals surface area contributed by atoms with Crippen LogP contribution in [0.1, 0.15) is 0 Å². The van der Waals surface area contributed by atoms with Gasteiger partial charge in [-0.3, -0.25) is 9.69 Å². The molecule has 2 aliphatic heterocycles. The van der Waals surface area contributed by atoms with Gasteiger partial charge in [-0.15, -0.1) is 11.8 Å². The average Bonchev–Trinajstić information content (AvgIpc) is 2.69. The smallest absolute Gasteiger partial charge is 0.352 e. The number of benzene rings is 1. The molecule has 2 atom stereocenters. The van der Waals surface area contributed by atoms with Crippen molar-refractivity contribution < 1.29 is 33.7 Å². The fourth-order valence-electron chi connectivity index (χ4n) is 2.71. The Labute approximate surface area is 159 Å². The van der Waals surface area contributed by atoms with Crippen molar-refractivity contribution >= 4 is 29.6 Å². The minimum Gasteiger partial charge on any atom is -0.497 e. The summed E-state index contributed by atoms with van der Waals surface area (Å²) in [6, 6.07) is 5.97. The molecule has 0 radical (unpaired) electrons. The van der Waals surface area contributed by atoms with Gasteiger partial charge in [-0.2, -0.15) is 0 Å². The number of rotatable bonds is 7. The molecule has 1 fully saturated rings. The van der Waals surface area contributed by atoms with Gasteiger partial charge in [-0.25, -0.2) is 9.59 Å².